The molecule has 0 bridgehead atoms. The minimum Gasteiger partial charge on any atom is -0.484 e. The van der Waals surface area contributed by atoms with Crippen LogP contribution >= 0.6 is 0 Å². The lowest BCUT2D eigenvalue weighted by Gasteiger charge is -2.21. The Labute approximate surface area is 109 Å². The Hall–Kier alpha value is -1.55. The summed E-state index contributed by atoms with van der Waals surface area (Å²) in [5, 5.41) is 0. The zero-order chi connectivity index (χ0) is 13.7. The summed E-state index contributed by atoms with van der Waals surface area (Å²) < 4.78 is 5.48. The van der Waals surface area contributed by atoms with Crippen LogP contribution in [0.2, 0.25) is 0 Å². The summed E-state index contributed by atoms with van der Waals surface area (Å²) in [5.74, 6) is 0.645. The molecular weight excluding hydrogens is 228 g/mol. The van der Waals surface area contributed by atoms with Gasteiger partial charge in [0.1, 0.15) is 5.75 Å². The minimum atomic E-state index is -0.0393. The number of rotatable bonds is 5. The molecule has 4 heteroatoms. The van der Waals surface area contributed by atoms with Gasteiger partial charge in [0.15, 0.2) is 6.61 Å². The van der Waals surface area contributed by atoms with E-state index in [1.165, 1.54) is 0 Å². The van der Waals surface area contributed by atoms with Gasteiger partial charge in [0.25, 0.3) is 5.91 Å². The molecule has 0 unspecified atom stereocenters. The summed E-state index contributed by atoms with van der Waals surface area (Å²) in [6, 6.07) is 7.66. The molecule has 1 amide bonds. The highest BCUT2D eigenvalue weighted by atomic mass is 16.5. The number of nitrogens with two attached hydrogens (primary N) is 1. The fourth-order valence-electron chi connectivity index (χ4n) is 1.42. The SMILES string of the molecule is CC(C)N(C)C(=O)COc1cccc([C@H](C)N)c1. The number of hydrogen-bond acceptors (Lipinski definition) is 3. The van der Waals surface area contributed by atoms with E-state index in [9.17, 15) is 4.79 Å². The first-order valence-electron chi connectivity index (χ1n) is 6.15. The average molecular weight is 250 g/mol. The lowest BCUT2D eigenvalue weighted by molar-refractivity contribution is -0.133. The molecule has 0 heterocycles. The van der Waals surface area contributed by atoms with E-state index < -0.39 is 0 Å². The van der Waals surface area contributed by atoms with Crippen LogP contribution in [-0.2, 0) is 4.79 Å². The maximum Gasteiger partial charge on any atom is 0.260 e. The topological polar surface area (TPSA) is 55.6 Å². The van der Waals surface area contributed by atoms with Crippen molar-refractivity contribution in [2.45, 2.75) is 32.9 Å². The van der Waals surface area contributed by atoms with Crippen LogP contribution < -0.4 is 10.5 Å². The number of ether oxygens (including phenoxy) is 1. The lowest BCUT2D eigenvalue weighted by atomic mass is 10.1. The highest BCUT2D eigenvalue weighted by Crippen LogP contribution is 2.17. The fourth-order valence-corrected chi connectivity index (χ4v) is 1.42. The van der Waals surface area contributed by atoms with E-state index in [0.29, 0.717) is 5.75 Å². The van der Waals surface area contributed by atoms with Crippen LogP contribution in [0.4, 0.5) is 0 Å². The largest absolute Gasteiger partial charge is 0.484 e. The van der Waals surface area contributed by atoms with Crippen LogP contribution in [-0.4, -0.2) is 30.5 Å². The molecule has 0 aliphatic rings. The molecule has 0 aliphatic carbocycles. The zero-order valence-corrected chi connectivity index (χ0v) is 11.5. The van der Waals surface area contributed by atoms with E-state index in [0.717, 1.165) is 5.56 Å². The van der Waals surface area contributed by atoms with Crippen molar-refractivity contribution in [3.63, 3.8) is 0 Å². The third kappa shape index (κ3) is 4.04. The highest BCUT2D eigenvalue weighted by Gasteiger charge is 2.12. The smallest absolute Gasteiger partial charge is 0.260 e. The molecule has 100 valence electrons. The minimum absolute atomic E-state index is 0.0313. The van der Waals surface area contributed by atoms with Gasteiger partial charge in [-0.3, -0.25) is 4.79 Å². The molecule has 18 heavy (non-hydrogen) atoms. The fraction of sp³-hybridized carbons (Fsp3) is 0.500. The molecular formula is C14H22N2O2. The summed E-state index contributed by atoms with van der Waals surface area (Å²) >= 11 is 0. The predicted molar refractivity (Wildman–Crippen MR) is 72.4 cm³/mol. The molecule has 0 aliphatic heterocycles. The maximum absolute atomic E-state index is 11.8. The summed E-state index contributed by atoms with van der Waals surface area (Å²) in [6.07, 6.45) is 0. The van der Waals surface area contributed by atoms with Gasteiger partial charge in [0.05, 0.1) is 0 Å². The number of nitrogens with zero attached hydrogens (tertiary/aromatic N) is 1. The van der Waals surface area contributed by atoms with E-state index >= 15 is 0 Å². The van der Waals surface area contributed by atoms with Gasteiger partial charge in [-0.2, -0.15) is 0 Å². The van der Waals surface area contributed by atoms with Crippen molar-refractivity contribution in [2.75, 3.05) is 13.7 Å². The van der Waals surface area contributed by atoms with E-state index in [4.69, 9.17) is 10.5 Å². The number of hydrogen-bond donors (Lipinski definition) is 1. The van der Waals surface area contributed by atoms with E-state index in [2.05, 4.69) is 0 Å². The maximum atomic E-state index is 11.8. The van der Waals surface area contributed by atoms with Gasteiger partial charge in [0, 0.05) is 19.1 Å². The van der Waals surface area contributed by atoms with E-state index in [1.807, 2.05) is 45.0 Å². The molecule has 1 rings (SSSR count). The predicted octanol–water partition coefficient (Wildman–Crippen LogP) is 1.95. The molecule has 4 nitrogen and oxygen atoms in total. The van der Waals surface area contributed by atoms with Gasteiger partial charge >= 0.3 is 0 Å². The van der Waals surface area contributed by atoms with Crippen molar-refractivity contribution >= 4 is 5.91 Å². The first-order chi connectivity index (χ1) is 8.41. The van der Waals surface area contributed by atoms with Gasteiger partial charge < -0.3 is 15.4 Å². The zero-order valence-electron chi connectivity index (χ0n) is 11.5. The van der Waals surface area contributed by atoms with Crippen LogP contribution in [0.3, 0.4) is 0 Å². The normalized spacial score (nSPS) is 12.3. The summed E-state index contributed by atoms with van der Waals surface area (Å²) in [6.45, 7) is 5.90. The van der Waals surface area contributed by atoms with Gasteiger partial charge in [0.2, 0.25) is 0 Å². The number of carbonyl (C=O) groups is 1. The van der Waals surface area contributed by atoms with Crippen molar-refractivity contribution in [3.05, 3.63) is 29.8 Å². The monoisotopic (exact) mass is 250 g/mol. The van der Waals surface area contributed by atoms with Gasteiger partial charge in [-0.25, -0.2) is 0 Å². The Morgan fingerprint density at radius 3 is 2.61 bits per heavy atom. The van der Waals surface area contributed by atoms with E-state index in [-0.39, 0.29) is 24.6 Å². The second-order valence-electron chi connectivity index (χ2n) is 4.75. The summed E-state index contributed by atoms with van der Waals surface area (Å²) in [7, 11) is 1.77. The molecule has 2 N–H and O–H groups in total. The number of benzene rings is 1. The van der Waals surface area contributed by atoms with Crippen LogP contribution in [0.5, 0.6) is 5.75 Å². The van der Waals surface area contributed by atoms with Crippen molar-refractivity contribution in [1.82, 2.24) is 4.90 Å². The average Bonchev–Trinajstić information content (AvgIpc) is 2.35. The molecule has 0 spiro atoms. The molecule has 1 aromatic rings. The second-order valence-corrected chi connectivity index (χ2v) is 4.75. The van der Waals surface area contributed by atoms with Crippen LogP contribution in [0.25, 0.3) is 0 Å². The second kappa shape index (κ2) is 6.40. The van der Waals surface area contributed by atoms with Crippen molar-refractivity contribution in [2.24, 2.45) is 5.73 Å². The Morgan fingerprint density at radius 2 is 2.06 bits per heavy atom. The van der Waals surface area contributed by atoms with Gasteiger partial charge in [-0.15, -0.1) is 0 Å². The summed E-state index contributed by atoms with van der Waals surface area (Å²) in [4.78, 5) is 13.4. The van der Waals surface area contributed by atoms with Crippen molar-refractivity contribution < 1.29 is 9.53 Å². The standard InChI is InChI=1S/C14H22N2O2/c1-10(2)16(4)14(17)9-18-13-7-5-6-12(8-13)11(3)15/h5-8,10-11H,9,15H2,1-4H3/t11-/m0/s1. The van der Waals surface area contributed by atoms with Crippen molar-refractivity contribution in [1.29, 1.82) is 0 Å². The van der Waals surface area contributed by atoms with Crippen LogP contribution in [0.1, 0.15) is 32.4 Å². The summed E-state index contributed by atoms with van der Waals surface area (Å²) in [5.41, 5.74) is 6.79. The third-order valence-corrected chi connectivity index (χ3v) is 2.91. The molecule has 0 radical (unpaired) electrons. The number of likely N-dealkylation sites (N-methyl/N-ethyl adjacent to an activating group) is 1. The molecule has 1 aromatic carbocycles. The number of carbonyl (C=O) groups excluding carboxylic acids is 1. The molecule has 1 atom stereocenters. The van der Waals surface area contributed by atoms with E-state index in [1.54, 1.807) is 11.9 Å². The Bertz CT molecular complexity index is 403. The first kappa shape index (κ1) is 14.5. The molecule has 0 saturated carbocycles. The molecule has 0 aromatic heterocycles. The highest BCUT2D eigenvalue weighted by molar-refractivity contribution is 5.77. The first-order valence-corrected chi connectivity index (χ1v) is 6.15. The number of amides is 1. The Balaban J connectivity index is 2.58. The molecule has 0 fully saturated rings. The van der Waals surface area contributed by atoms with Gasteiger partial charge in [-0.05, 0) is 38.5 Å². The Morgan fingerprint density at radius 1 is 1.39 bits per heavy atom. The van der Waals surface area contributed by atoms with Crippen LogP contribution in [0, 0.1) is 0 Å². The quantitative estimate of drug-likeness (QED) is 0.869. The third-order valence-electron chi connectivity index (χ3n) is 2.91. The Kier molecular flexibility index (Phi) is 5.16. The van der Waals surface area contributed by atoms with Crippen molar-refractivity contribution in [3.8, 4) is 5.75 Å². The van der Waals surface area contributed by atoms with Crippen LogP contribution in [0.15, 0.2) is 24.3 Å². The van der Waals surface area contributed by atoms with Gasteiger partial charge in [-0.1, -0.05) is 12.1 Å². The molecule has 0 saturated heterocycles. The lowest BCUT2D eigenvalue weighted by Crippen LogP contribution is -2.36.